The zero-order valence-corrected chi connectivity index (χ0v) is 12.6. The minimum atomic E-state index is -0.326. The quantitative estimate of drug-likeness (QED) is 0.737. The van der Waals surface area contributed by atoms with Crippen molar-refractivity contribution in [3.63, 3.8) is 0 Å². The summed E-state index contributed by atoms with van der Waals surface area (Å²) in [7, 11) is 0. The second kappa shape index (κ2) is 5.62. The van der Waals surface area contributed by atoms with E-state index in [0.717, 1.165) is 12.4 Å². The molecular weight excluding hydrogens is 301 g/mol. The molecule has 0 N–H and O–H groups in total. The van der Waals surface area contributed by atoms with E-state index in [4.69, 9.17) is 9.15 Å². The highest BCUT2D eigenvalue weighted by Crippen LogP contribution is 2.27. The minimum Gasteiger partial charge on any atom is -0.423 e. The SMILES string of the molecule is CCn1cnnc1[C@@H]1CN(c2nc3cc(F)ccc3o2)CCO1. The van der Waals surface area contributed by atoms with Gasteiger partial charge in [-0.05, 0) is 19.1 Å². The maximum Gasteiger partial charge on any atom is 0.298 e. The molecule has 4 rings (SSSR count). The fourth-order valence-corrected chi connectivity index (χ4v) is 2.76. The maximum atomic E-state index is 13.3. The van der Waals surface area contributed by atoms with Crippen LogP contribution in [0.2, 0.25) is 0 Å². The van der Waals surface area contributed by atoms with Crippen LogP contribution in [0.15, 0.2) is 28.9 Å². The number of hydrogen-bond acceptors (Lipinski definition) is 6. The van der Waals surface area contributed by atoms with E-state index in [1.165, 1.54) is 12.1 Å². The van der Waals surface area contributed by atoms with Gasteiger partial charge in [0.2, 0.25) is 0 Å². The second-order valence-corrected chi connectivity index (χ2v) is 5.39. The number of benzene rings is 1. The first-order valence-electron chi connectivity index (χ1n) is 7.55. The first kappa shape index (κ1) is 14.1. The Morgan fingerprint density at radius 1 is 1.39 bits per heavy atom. The monoisotopic (exact) mass is 317 g/mol. The van der Waals surface area contributed by atoms with Gasteiger partial charge >= 0.3 is 0 Å². The van der Waals surface area contributed by atoms with E-state index in [0.29, 0.717) is 36.8 Å². The molecule has 8 heteroatoms. The summed E-state index contributed by atoms with van der Waals surface area (Å²) in [5.74, 6) is 0.465. The molecule has 1 aliphatic rings. The predicted molar refractivity (Wildman–Crippen MR) is 80.6 cm³/mol. The number of rotatable bonds is 3. The van der Waals surface area contributed by atoms with Gasteiger partial charge < -0.3 is 18.6 Å². The van der Waals surface area contributed by atoms with Crippen molar-refractivity contribution in [3.8, 4) is 0 Å². The summed E-state index contributed by atoms with van der Waals surface area (Å²) < 4.78 is 26.8. The molecule has 1 saturated heterocycles. The number of ether oxygens (including phenoxy) is 1. The number of nitrogens with zero attached hydrogens (tertiary/aromatic N) is 5. The second-order valence-electron chi connectivity index (χ2n) is 5.39. The molecule has 0 spiro atoms. The zero-order chi connectivity index (χ0) is 15.8. The van der Waals surface area contributed by atoms with E-state index in [1.54, 1.807) is 12.4 Å². The first-order chi connectivity index (χ1) is 11.2. The summed E-state index contributed by atoms with van der Waals surface area (Å²) in [5, 5.41) is 8.10. The highest BCUT2D eigenvalue weighted by atomic mass is 19.1. The van der Waals surface area contributed by atoms with Crippen molar-refractivity contribution in [2.75, 3.05) is 24.6 Å². The fraction of sp³-hybridized carbons (Fsp3) is 0.400. The third kappa shape index (κ3) is 2.55. The Hall–Kier alpha value is -2.48. The average Bonchev–Trinajstić information content (AvgIpc) is 3.21. The molecule has 0 saturated carbocycles. The maximum absolute atomic E-state index is 13.3. The summed E-state index contributed by atoms with van der Waals surface area (Å²) in [6, 6.07) is 4.80. The van der Waals surface area contributed by atoms with Crippen molar-refractivity contribution >= 4 is 17.1 Å². The first-order valence-corrected chi connectivity index (χ1v) is 7.55. The van der Waals surface area contributed by atoms with Crippen LogP contribution in [0.4, 0.5) is 10.4 Å². The molecule has 0 aliphatic carbocycles. The molecule has 120 valence electrons. The molecular formula is C15H16FN5O2. The molecule has 3 heterocycles. The van der Waals surface area contributed by atoms with Gasteiger partial charge in [-0.3, -0.25) is 0 Å². The van der Waals surface area contributed by atoms with Crippen molar-refractivity contribution in [3.05, 3.63) is 36.2 Å². The third-order valence-electron chi connectivity index (χ3n) is 3.95. The van der Waals surface area contributed by atoms with Gasteiger partial charge in [0.15, 0.2) is 11.4 Å². The van der Waals surface area contributed by atoms with Gasteiger partial charge in [0.1, 0.15) is 23.8 Å². The van der Waals surface area contributed by atoms with Crippen molar-refractivity contribution in [2.45, 2.75) is 19.6 Å². The number of halogens is 1. The van der Waals surface area contributed by atoms with E-state index < -0.39 is 0 Å². The smallest absolute Gasteiger partial charge is 0.298 e. The molecule has 0 bridgehead atoms. The van der Waals surface area contributed by atoms with Crippen LogP contribution in [0.3, 0.4) is 0 Å². The van der Waals surface area contributed by atoms with Crippen LogP contribution in [0.5, 0.6) is 0 Å². The van der Waals surface area contributed by atoms with Crippen molar-refractivity contribution in [1.29, 1.82) is 0 Å². The number of oxazole rings is 1. The zero-order valence-electron chi connectivity index (χ0n) is 12.6. The molecule has 1 aromatic carbocycles. The lowest BCUT2D eigenvalue weighted by Gasteiger charge is -2.31. The van der Waals surface area contributed by atoms with Gasteiger partial charge in [0.05, 0.1) is 13.2 Å². The van der Waals surface area contributed by atoms with Gasteiger partial charge in [-0.15, -0.1) is 10.2 Å². The van der Waals surface area contributed by atoms with Crippen molar-refractivity contribution in [2.24, 2.45) is 0 Å². The molecule has 3 aromatic rings. The Bertz CT molecular complexity index is 830. The summed E-state index contributed by atoms with van der Waals surface area (Å²) in [5.41, 5.74) is 1.08. The summed E-state index contributed by atoms with van der Waals surface area (Å²) in [6.07, 6.45) is 1.50. The molecule has 1 fully saturated rings. The predicted octanol–water partition coefficient (Wildman–Crippen LogP) is 2.16. The van der Waals surface area contributed by atoms with Crippen LogP contribution in [0.25, 0.3) is 11.1 Å². The van der Waals surface area contributed by atoms with Gasteiger partial charge in [0, 0.05) is 19.2 Å². The van der Waals surface area contributed by atoms with Crippen LogP contribution in [0.1, 0.15) is 18.9 Å². The van der Waals surface area contributed by atoms with E-state index >= 15 is 0 Å². The lowest BCUT2D eigenvalue weighted by molar-refractivity contribution is 0.0300. The minimum absolute atomic E-state index is 0.196. The fourth-order valence-electron chi connectivity index (χ4n) is 2.76. The molecule has 7 nitrogen and oxygen atoms in total. The van der Waals surface area contributed by atoms with Crippen LogP contribution in [0, 0.1) is 5.82 Å². The third-order valence-corrected chi connectivity index (χ3v) is 3.95. The number of aryl methyl sites for hydroxylation is 1. The normalized spacial score (nSPS) is 18.7. The van der Waals surface area contributed by atoms with Gasteiger partial charge in [-0.1, -0.05) is 0 Å². The van der Waals surface area contributed by atoms with Crippen LogP contribution in [-0.2, 0) is 11.3 Å². The molecule has 1 atom stereocenters. The highest BCUT2D eigenvalue weighted by molar-refractivity contribution is 5.74. The Morgan fingerprint density at radius 2 is 2.30 bits per heavy atom. The largest absolute Gasteiger partial charge is 0.423 e. The van der Waals surface area contributed by atoms with Crippen molar-refractivity contribution < 1.29 is 13.5 Å². The van der Waals surface area contributed by atoms with Gasteiger partial charge in [-0.25, -0.2) is 4.39 Å². The molecule has 1 aliphatic heterocycles. The summed E-state index contributed by atoms with van der Waals surface area (Å²) in [4.78, 5) is 6.36. The Labute approximate surface area is 131 Å². The number of anilines is 1. The summed E-state index contributed by atoms with van der Waals surface area (Å²) in [6.45, 7) is 4.57. The Balaban J connectivity index is 1.61. The molecule has 23 heavy (non-hydrogen) atoms. The molecule has 0 amide bonds. The number of aromatic nitrogens is 4. The van der Waals surface area contributed by atoms with Gasteiger partial charge in [0.25, 0.3) is 6.01 Å². The number of hydrogen-bond donors (Lipinski definition) is 0. The summed E-state index contributed by atoms with van der Waals surface area (Å²) >= 11 is 0. The highest BCUT2D eigenvalue weighted by Gasteiger charge is 2.28. The molecule has 2 aromatic heterocycles. The number of morpholine rings is 1. The number of fused-ring (bicyclic) bond motifs is 1. The topological polar surface area (TPSA) is 69.2 Å². The van der Waals surface area contributed by atoms with E-state index in [9.17, 15) is 4.39 Å². The average molecular weight is 317 g/mol. The lowest BCUT2D eigenvalue weighted by Crippen LogP contribution is -2.39. The van der Waals surface area contributed by atoms with Crippen molar-refractivity contribution in [1.82, 2.24) is 19.7 Å². The van der Waals surface area contributed by atoms with Gasteiger partial charge in [-0.2, -0.15) is 4.98 Å². The van der Waals surface area contributed by atoms with E-state index in [2.05, 4.69) is 15.2 Å². The Morgan fingerprint density at radius 3 is 3.17 bits per heavy atom. The lowest BCUT2D eigenvalue weighted by atomic mass is 10.2. The van der Waals surface area contributed by atoms with E-state index in [1.807, 2.05) is 16.4 Å². The van der Waals surface area contributed by atoms with E-state index in [-0.39, 0.29) is 11.9 Å². The molecule has 0 unspecified atom stereocenters. The Kier molecular flexibility index (Phi) is 3.45. The van der Waals surface area contributed by atoms with Crippen LogP contribution < -0.4 is 4.90 Å². The van der Waals surface area contributed by atoms with Crippen LogP contribution in [-0.4, -0.2) is 39.4 Å². The molecule has 0 radical (unpaired) electrons. The standard InChI is InChI=1S/C15H16FN5O2/c1-2-20-9-17-19-14(20)13-8-21(5-6-22-13)15-18-11-7-10(16)3-4-12(11)23-15/h3-4,7,9,13H,2,5-6,8H2,1H3/t13-/m0/s1. The van der Waals surface area contributed by atoms with Crippen LogP contribution >= 0.6 is 0 Å².